The van der Waals surface area contributed by atoms with Gasteiger partial charge in [-0.25, -0.2) is 0 Å². The topological polar surface area (TPSA) is 38.7 Å². The van der Waals surface area contributed by atoms with Crippen molar-refractivity contribution in [1.29, 1.82) is 0 Å². The molecule has 2 heterocycles. The summed E-state index contributed by atoms with van der Waals surface area (Å²) < 4.78 is 11.5. The lowest BCUT2D eigenvalue weighted by atomic mass is 9.93. The van der Waals surface area contributed by atoms with Crippen molar-refractivity contribution in [3.63, 3.8) is 0 Å². The smallest absolute Gasteiger partial charge is 0.0947 e. The molecule has 2 aliphatic heterocycles. The number of rotatable bonds is 3. The van der Waals surface area contributed by atoms with Crippen molar-refractivity contribution in [2.24, 2.45) is 0 Å². The highest BCUT2D eigenvalue weighted by Gasteiger charge is 2.41. The van der Waals surface area contributed by atoms with Crippen LogP contribution in [0.2, 0.25) is 0 Å². The average molecular weight is 280 g/mol. The molecule has 2 aliphatic rings. The molecule has 0 radical (unpaired) electrons. The summed E-state index contributed by atoms with van der Waals surface area (Å²) in [5, 5.41) is 9.66. The maximum absolute atomic E-state index is 9.05. The van der Waals surface area contributed by atoms with Gasteiger partial charge in [0.1, 0.15) is 0 Å². The molecule has 3 nitrogen and oxygen atoms in total. The zero-order valence-electron chi connectivity index (χ0n) is 11.0. The van der Waals surface area contributed by atoms with Crippen LogP contribution in [0.3, 0.4) is 0 Å². The fourth-order valence-corrected chi connectivity index (χ4v) is 4.09. The van der Waals surface area contributed by atoms with E-state index in [2.05, 4.69) is 12.1 Å². The van der Waals surface area contributed by atoms with E-state index in [1.807, 2.05) is 23.9 Å². The second kappa shape index (κ2) is 5.83. The van der Waals surface area contributed by atoms with Gasteiger partial charge in [0.05, 0.1) is 18.8 Å². The lowest BCUT2D eigenvalue weighted by Gasteiger charge is -2.36. The minimum atomic E-state index is -0.0129. The van der Waals surface area contributed by atoms with Gasteiger partial charge in [-0.15, -0.1) is 11.8 Å². The van der Waals surface area contributed by atoms with Crippen LogP contribution in [-0.4, -0.2) is 35.8 Å². The van der Waals surface area contributed by atoms with E-state index in [4.69, 9.17) is 14.6 Å². The lowest BCUT2D eigenvalue weighted by Crippen LogP contribution is -2.41. The van der Waals surface area contributed by atoms with E-state index in [0.717, 1.165) is 44.6 Å². The third-order valence-electron chi connectivity index (χ3n) is 3.92. The Morgan fingerprint density at radius 1 is 1.26 bits per heavy atom. The molecule has 1 aromatic rings. The van der Waals surface area contributed by atoms with Crippen molar-refractivity contribution in [3.05, 3.63) is 29.8 Å². The maximum Gasteiger partial charge on any atom is 0.0947 e. The Hall–Kier alpha value is -0.550. The molecule has 0 bridgehead atoms. The molecule has 1 N–H and O–H groups in total. The minimum absolute atomic E-state index is 0.0129. The molecule has 2 atom stereocenters. The van der Waals surface area contributed by atoms with Gasteiger partial charge in [-0.05, 0) is 30.5 Å². The van der Waals surface area contributed by atoms with Gasteiger partial charge in [-0.3, -0.25) is 0 Å². The average Bonchev–Trinajstić information content (AvgIpc) is 2.88. The number of thioether (sulfide) groups is 1. The van der Waals surface area contributed by atoms with Crippen LogP contribution in [-0.2, 0) is 16.1 Å². The zero-order valence-corrected chi connectivity index (χ0v) is 11.8. The Kier molecular flexibility index (Phi) is 4.12. The van der Waals surface area contributed by atoms with Crippen LogP contribution in [0.25, 0.3) is 0 Å². The predicted octanol–water partition coefficient (Wildman–Crippen LogP) is 2.61. The molecular weight excluding hydrogens is 260 g/mol. The summed E-state index contributed by atoms with van der Waals surface area (Å²) in [6.45, 7) is 2.55. The molecule has 19 heavy (non-hydrogen) atoms. The number of benzene rings is 1. The van der Waals surface area contributed by atoms with Crippen molar-refractivity contribution >= 4 is 11.8 Å². The summed E-state index contributed by atoms with van der Waals surface area (Å²) in [5.74, 6) is 0. The molecule has 2 unspecified atom stereocenters. The maximum atomic E-state index is 9.05. The van der Waals surface area contributed by atoms with E-state index in [9.17, 15) is 0 Å². The Bertz CT molecular complexity index is 412. The monoisotopic (exact) mass is 280 g/mol. The van der Waals surface area contributed by atoms with Gasteiger partial charge in [0.25, 0.3) is 0 Å². The lowest BCUT2D eigenvalue weighted by molar-refractivity contribution is -0.0769. The molecule has 104 valence electrons. The van der Waals surface area contributed by atoms with Crippen LogP contribution >= 0.6 is 11.8 Å². The van der Waals surface area contributed by atoms with Gasteiger partial charge in [0, 0.05) is 29.8 Å². The van der Waals surface area contributed by atoms with Gasteiger partial charge in [-0.1, -0.05) is 12.1 Å². The molecule has 0 aliphatic carbocycles. The molecule has 0 saturated carbocycles. The largest absolute Gasteiger partial charge is 0.392 e. The summed E-state index contributed by atoms with van der Waals surface area (Å²) >= 11 is 1.93. The second-order valence-corrected chi connectivity index (χ2v) is 6.74. The van der Waals surface area contributed by atoms with E-state index in [-0.39, 0.29) is 12.2 Å². The third kappa shape index (κ3) is 3.14. The molecule has 0 aromatic heterocycles. The number of hydrogen-bond donors (Lipinski definition) is 1. The van der Waals surface area contributed by atoms with Crippen LogP contribution in [0.1, 0.15) is 24.8 Å². The van der Waals surface area contributed by atoms with Crippen molar-refractivity contribution in [2.45, 2.75) is 41.6 Å². The van der Waals surface area contributed by atoms with Crippen molar-refractivity contribution in [3.8, 4) is 0 Å². The molecule has 2 saturated heterocycles. The molecule has 4 heteroatoms. The van der Waals surface area contributed by atoms with E-state index in [0.29, 0.717) is 5.25 Å². The first-order valence-electron chi connectivity index (χ1n) is 6.88. The van der Waals surface area contributed by atoms with Crippen molar-refractivity contribution in [1.82, 2.24) is 0 Å². The standard InChI is InChI=1S/C15H20O3S/c16-10-12-1-3-13(4-2-12)19-14-5-7-18-15(9-14)6-8-17-11-15/h1-4,14,16H,5-11H2. The van der Waals surface area contributed by atoms with E-state index >= 15 is 0 Å². The number of ether oxygens (including phenoxy) is 2. The Morgan fingerprint density at radius 3 is 2.79 bits per heavy atom. The molecule has 0 amide bonds. The summed E-state index contributed by atoms with van der Waals surface area (Å²) in [4.78, 5) is 1.28. The second-order valence-electron chi connectivity index (χ2n) is 5.37. The molecule has 1 spiro atoms. The molecule has 3 rings (SSSR count). The zero-order chi connectivity index (χ0) is 13.1. The highest BCUT2D eigenvalue weighted by atomic mass is 32.2. The van der Waals surface area contributed by atoms with Crippen LogP contribution in [0.15, 0.2) is 29.2 Å². The third-order valence-corrected chi connectivity index (χ3v) is 5.20. The van der Waals surface area contributed by atoms with Crippen LogP contribution in [0, 0.1) is 0 Å². The van der Waals surface area contributed by atoms with Crippen molar-refractivity contribution in [2.75, 3.05) is 19.8 Å². The molecule has 1 aromatic carbocycles. The quantitative estimate of drug-likeness (QED) is 0.923. The fraction of sp³-hybridized carbons (Fsp3) is 0.600. The Morgan fingerprint density at radius 2 is 2.11 bits per heavy atom. The fourth-order valence-electron chi connectivity index (χ4n) is 2.81. The van der Waals surface area contributed by atoms with E-state index in [1.54, 1.807) is 0 Å². The first-order valence-corrected chi connectivity index (χ1v) is 7.76. The van der Waals surface area contributed by atoms with Gasteiger partial charge >= 0.3 is 0 Å². The normalized spacial score (nSPS) is 30.9. The van der Waals surface area contributed by atoms with E-state index in [1.165, 1.54) is 4.90 Å². The summed E-state index contributed by atoms with van der Waals surface area (Å²) in [7, 11) is 0. The van der Waals surface area contributed by atoms with Gasteiger partial charge < -0.3 is 14.6 Å². The van der Waals surface area contributed by atoms with E-state index < -0.39 is 0 Å². The number of aliphatic hydroxyl groups is 1. The Balaban J connectivity index is 1.62. The van der Waals surface area contributed by atoms with Gasteiger partial charge in [0.15, 0.2) is 0 Å². The van der Waals surface area contributed by atoms with Crippen LogP contribution < -0.4 is 0 Å². The molecular formula is C15H20O3S. The van der Waals surface area contributed by atoms with Gasteiger partial charge in [-0.2, -0.15) is 0 Å². The highest BCUT2D eigenvalue weighted by Crippen LogP contribution is 2.39. The van der Waals surface area contributed by atoms with Crippen LogP contribution in [0.5, 0.6) is 0 Å². The SMILES string of the molecule is OCc1ccc(SC2CCOC3(CCOC3)C2)cc1. The summed E-state index contributed by atoms with van der Waals surface area (Å²) in [5.41, 5.74) is 0.956. The summed E-state index contributed by atoms with van der Waals surface area (Å²) in [6, 6.07) is 8.19. The summed E-state index contributed by atoms with van der Waals surface area (Å²) in [6.07, 6.45) is 3.22. The van der Waals surface area contributed by atoms with Crippen molar-refractivity contribution < 1.29 is 14.6 Å². The Labute approximate surface area is 118 Å². The molecule has 2 fully saturated rings. The minimum Gasteiger partial charge on any atom is -0.392 e. The van der Waals surface area contributed by atoms with Crippen LogP contribution in [0.4, 0.5) is 0 Å². The highest BCUT2D eigenvalue weighted by molar-refractivity contribution is 8.00. The first-order chi connectivity index (χ1) is 9.30. The first kappa shape index (κ1) is 13.4. The predicted molar refractivity (Wildman–Crippen MR) is 75.4 cm³/mol. The number of aliphatic hydroxyl groups excluding tert-OH is 1. The van der Waals surface area contributed by atoms with Gasteiger partial charge in [0.2, 0.25) is 0 Å². The number of hydrogen-bond acceptors (Lipinski definition) is 4.